The summed E-state index contributed by atoms with van der Waals surface area (Å²) >= 11 is 0. The molecule has 0 aliphatic rings. The molecule has 0 fully saturated rings. The molecule has 0 N–H and O–H groups in total. The highest BCUT2D eigenvalue weighted by Crippen LogP contribution is 2.39. The summed E-state index contributed by atoms with van der Waals surface area (Å²) in [5, 5.41) is 17.8. The van der Waals surface area contributed by atoms with E-state index in [1.54, 1.807) is 4.90 Å². The van der Waals surface area contributed by atoms with E-state index in [0.717, 1.165) is 6.42 Å². The van der Waals surface area contributed by atoms with Crippen LogP contribution in [0.1, 0.15) is 88.0 Å². The van der Waals surface area contributed by atoms with E-state index in [4.69, 9.17) is 10.5 Å². The molecule has 0 saturated carbocycles. The Morgan fingerprint density at radius 1 is 0.786 bits per heavy atom. The van der Waals surface area contributed by atoms with Crippen molar-refractivity contribution in [2.75, 3.05) is 13.1 Å². The minimum Gasteiger partial charge on any atom is -0.340 e. The quantitative estimate of drug-likeness (QED) is 0.425. The third-order valence-corrected chi connectivity index (χ3v) is 4.72. The average molecular weight is 388 g/mol. The van der Waals surface area contributed by atoms with Crippen molar-refractivity contribution in [2.45, 2.75) is 88.0 Å². The van der Waals surface area contributed by atoms with E-state index in [2.05, 4.69) is 72.8 Å². The monoisotopic (exact) mass is 387 g/mol. The van der Waals surface area contributed by atoms with Gasteiger partial charge in [0.1, 0.15) is 0 Å². The number of rotatable bonds is 10. The highest BCUT2D eigenvalue weighted by molar-refractivity contribution is 5.82. The van der Waals surface area contributed by atoms with Gasteiger partial charge in [-0.15, -0.1) is 0 Å². The molecule has 0 atom stereocenters. The Morgan fingerprint density at radius 2 is 1.18 bits per heavy atom. The summed E-state index contributed by atoms with van der Waals surface area (Å²) in [6.07, 6.45) is 6.92. The first-order valence-corrected chi connectivity index (χ1v) is 10.3. The topological polar surface area (TPSA) is 67.9 Å². The molecule has 0 aromatic carbocycles. The Kier molecular flexibility index (Phi) is 9.45. The molecule has 1 amide bonds. The first-order chi connectivity index (χ1) is 12.6. The molecule has 4 nitrogen and oxygen atoms in total. The predicted octanol–water partition coefficient (Wildman–Crippen LogP) is 6.10. The van der Waals surface area contributed by atoms with Crippen LogP contribution in [-0.4, -0.2) is 23.9 Å². The Hall–Kier alpha value is -1.81. The van der Waals surface area contributed by atoms with Gasteiger partial charge in [0, 0.05) is 18.5 Å². The Bertz CT molecular complexity index is 604. The standard InChI is InChI=1S/C24H41N3O/c1-21(2,3)18-22(4,5)12-13-23(6,7)19-24(8,9)20(28)27(16-10-14-25)17-11-15-26/h12-13H,10-11,16-19H2,1-9H3. The van der Waals surface area contributed by atoms with Gasteiger partial charge in [0.05, 0.1) is 25.0 Å². The number of hydrogen-bond donors (Lipinski definition) is 0. The zero-order valence-electron chi connectivity index (χ0n) is 19.6. The van der Waals surface area contributed by atoms with Crippen LogP contribution in [-0.2, 0) is 4.79 Å². The second-order valence-electron chi connectivity index (χ2n) is 11.2. The number of nitriles is 2. The Balaban J connectivity index is 5.30. The fourth-order valence-corrected chi connectivity index (χ4v) is 4.26. The largest absolute Gasteiger partial charge is 0.340 e. The normalized spacial score (nSPS) is 13.2. The van der Waals surface area contributed by atoms with Gasteiger partial charge in [0.15, 0.2) is 0 Å². The van der Waals surface area contributed by atoms with Gasteiger partial charge in [-0.05, 0) is 29.1 Å². The molecule has 0 spiro atoms. The fourth-order valence-electron chi connectivity index (χ4n) is 4.26. The van der Waals surface area contributed by atoms with Gasteiger partial charge in [-0.25, -0.2) is 0 Å². The van der Waals surface area contributed by atoms with Crippen LogP contribution in [0.2, 0.25) is 0 Å². The average Bonchev–Trinajstić information content (AvgIpc) is 2.50. The second kappa shape index (κ2) is 10.1. The number of amides is 1. The molecule has 158 valence electrons. The maximum Gasteiger partial charge on any atom is 0.228 e. The SMILES string of the molecule is CC(C)(C)CC(C)(C)C=CC(C)(C)CC(C)(C)C(=O)N(CCC#N)CCC#N. The molecule has 0 radical (unpaired) electrons. The predicted molar refractivity (Wildman–Crippen MR) is 116 cm³/mol. The molecule has 4 heteroatoms. The van der Waals surface area contributed by atoms with Crippen LogP contribution in [0.15, 0.2) is 12.2 Å². The highest BCUT2D eigenvalue weighted by Gasteiger charge is 2.36. The van der Waals surface area contributed by atoms with Gasteiger partial charge in [0.25, 0.3) is 0 Å². The van der Waals surface area contributed by atoms with Crippen molar-refractivity contribution in [2.24, 2.45) is 21.7 Å². The second-order valence-corrected chi connectivity index (χ2v) is 11.2. The summed E-state index contributed by atoms with van der Waals surface area (Å²) in [4.78, 5) is 14.8. The van der Waals surface area contributed by atoms with Crippen molar-refractivity contribution in [3.8, 4) is 12.1 Å². The smallest absolute Gasteiger partial charge is 0.228 e. The van der Waals surface area contributed by atoms with Crippen LogP contribution >= 0.6 is 0 Å². The van der Waals surface area contributed by atoms with Crippen molar-refractivity contribution in [1.82, 2.24) is 4.90 Å². The summed E-state index contributed by atoms with van der Waals surface area (Å²) in [5.41, 5.74) is -0.345. The third-order valence-electron chi connectivity index (χ3n) is 4.72. The lowest BCUT2D eigenvalue weighted by Gasteiger charge is -2.37. The molecule has 0 bridgehead atoms. The lowest BCUT2D eigenvalue weighted by atomic mass is 9.71. The molecule has 0 aliphatic carbocycles. The van der Waals surface area contributed by atoms with Gasteiger partial charge in [-0.3, -0.25) is 4.79 Å². The number of hydrogen-bond acceptors (Lipinski definition) is 3. The summed E-state index contributed by atoms with van der Waals surface area (Å²) in [5.74, 6) is 0.0217. The van der Waals surface area contributed by atoms with Gasteiger partial charge >= 0.3 is 0 Å². The molecule has 28 heavy (non-hydrogen) atoms. The molecule has 0 aromatic heterocycles. The van der Waals surface area contributed by atoms with E-state index in [0.29, 0.717) is 19.5 Å². The molecular formula is C24H41N3O. The van der Waals surface area contributed by atoms with Crippen LogP contribution in [0, 0.1) is 44.3 Å². The zero-order chi connectivity index (χ0) is 22.2. The minimum absolute atomic E-state index is 0.0217. The van der Waals surface area contributed by atoms with Crippen LogP contribution in [0.3, 0.4) is 0 Å². The van der Waals surface area contributed by atoms with Crippen LogP contribution in [0.4, 0.5) is 0 Å². The molecule has 0 heterocycles. The fraction of sp³-hybridized carbons (Fsp3) is 0.792. The summed E-state index contributed by atoms with van der Waals surface area (Å²) in [7, 11) is 0. The van der Waals surface area contributed by atoms with Crippen molar-refractivity contribution in [3.05, 3.63) is 12.2 Å². The first-order valence-electron chi connectivity index (χ1n) is 10.3. The summed E-state index contributed by atoms with van der Waals surface area (Å²) < 4.78 is 0. The van der Waals surface area contributed by atoms with E-state index in [1.165, 1.54) is 0 Å². The number of nitrogens with zero attached hydrogens (tertiary/aromatic N) is 3. The van der Waals surface area contributed by atoms with Crippen LogP contribution < -0.4 is 0 Å². The van der Waals surface area contributed by atoms with Crippen molar-refractivity contribution in [3.63, 3.8) is 0 Å². The first kappa shape index (κ1) is 26.2. The molecule has 0 rings (SSSR count). The molecule has 0 unspecified atom stereocenters. The summed E-state index contributed by atoms with van der Waals surface area (Å²) in [6, 6.07) is 4.19. The molecule has 0 aromatic rings. The van der Waals surface area contributed by atoms with Gasteiger partial charge in [-0.1, -0.05) is 74.5 Å². The van der Waals surface area contributed by atoms with E-state index in [9.17, 15) is 4.79 Å². The maximum absolute atomic E-state index is 13.1. The van der Waals surface area contributed by atoms with Crippen LogP contribution in [0.25, 0.3) is 0 Å². The number of carbonyl (C=O) groups excluding carboxylic acids is 1. The Labute approximate surface area is 173 Å². The van der Waals surface area contributed by atoms with Crippen LogP contribution in [0.5, 0.6) is 0 Å². The van der Waals surface area contributed by atoms with E-state index >= 15 is 0 Å². The van der Waals surface area contributed by atoms with E-state index < -0.39 is 5.41 Å². The zero-order valence-corrected chi connectivity index (χ0v) is 19.6. The molecule has 0 aliphatic heterocycles. The number of allylic oxidation sites excluding steroid dienone is 2. The van der Waals surface area contributed by atoms with Gasteiger partial charge < -0.3 is 4.90 Å². The van der Waals surface area contributed by atoms with Gasteiger partial charge in [0.2, 0.25) is 5.91 Å². The van der Waals surface area contributed by atoms with E-state index in [-0.39, 0.29) is 35.0 Å². The summed E-state index contributed by atoms with van der Waals surface area (Å²) in [6.45, 7) is 20.3. The minimum atomic E-state index is -0.563. The maximum atomic E-state index is 13.1. The molecule has 0 saturated heterocycles. The van der Waals surface area contributed by atoms with Gasteiger partial charge in [-0.2, -0.15) is 10.5 Å². The molecular weight excluding hydrogens is 346 g/mol. The van der Waals surface area contributed by atoms with E-state index in [1.807, 2.05) is 13.8 Å². The lowest BCUT2D eigenvalue weighted by molar-refractivity contribution is -0.141. The highest BCUT2D eigenvalue weighted by atomic mass is 16.2. The van der Waals surface area contributed by atoms with Crippen molar-refractivity contribution in [1.29, 1.82) is 10.5 Å². The third kappa shape index (κ3) is 10.5. The van der Waals surface area contributed by atoms with Crippen molar-refractivity contribution < 1.29 is 4.79 Å². The lowest BCUT2D eigenvalue weighted by Crippen LogP contribution is -2.43. The number of carbonyl (C=O) groups is 1. The Morgan fingerprint density at radius 3 is 1.54 bits per heavy atom. The van der Waals surface area contributed by atoms with Crippen molar-refractivity contribution >= 4 is 5.91 Å².